The fourth-order valence-corrected chi connectivity index (χ4v) is 3.45. The highest BCUT2D eigenvalue weighted by Gasteiger charge is 2.05. The Morgan fingerprint density at radius 3 is 2.94 bits per heavy atom. The minimum atomic E-state index is 0.592. The molecule has 0 fully saturated rings. The lowest BCUT2D eigenvalue weighted by molar-refractivity contribution is 1.16. The molecule has 5 heteroatoms. The van der Waals surface area contributed by atoms with Crippen molar-refractivity contribution in [3.05, 3.63) is 45.4 Å². The summed E-state index contributed by atoms with van der Waals surface area (Å²) in [6, 6.07) is 7.45. The normalized spacial score (nSPS) is 10.2. The van der Waals surface area contributed by atoms with Gasteiger partial charge in [0.25, 0.3) is 0 Å². The van der Waals surface area contributed by atoms with Gasteiger partial charge in [0.15, 0.2) is 0 Å². The Bertz CT molecular complexity index is 572. The lowest BCUT2D eigenvalue weighted by atomic mass is 10.2. The Balaban J connectivity index is 2.07. The van der Waals surface area contributed by atoms with Crippen molar-refractivity contribution in [2.45, 2.75) is 17.0 Å². The van der Waals surface area contributed by atoms with Gasteiger partial charge in [-0.2, -0.15) is 5.26 Å². The smallest absolute Gasteiger partial charge is 0.150 e. The van der Waals surface area contributed by atoms with E-state index in [2.05, 4.69) is 11.1 Å². The molecule has 1 aromatic heterocycles. The van der Waals surface area contributed by atoms with E-state index in [4.69, 9.17) is 16.9 Å². The predicted molar refractivity (Wildman–Crippen MR) is 72.6 cm³/mol. The first kappa shape index (κ1) is 12.4. The first-order valence-electron chi connectivity index (χ1n) is 4.92. The molecule has 0 bridgehead atoms. The van der Waals surface area contributed by atoms with Gasteiger partial charge in [-0.1, -0.05) is 29.4 Å². The van der Waals surface area contributed by atoms with Gasteiger partial charge in [-0.15, -0.1) is 11.3 Å². The monoisotopic (exact) mass is 280 g/mol. The van der Waals surface area contributed by atoms with Gasteiger partial charge in [-0.3, -0.25) is 0 Å². The number of thiazole rings is 1. The van der Waals surface area contributed by atoms with Crippen LogP contribution in [-0.2, 0) is 5.75 Å². The van der Waals surface area contributed by atoms with Crippen LogP contribution in [0.5, 0.6) is 0 Å². The molecule has 0 saturated carbocycles. The van der Waals surface area contributed by atoms with Crippen LogP contribution in [0.15, 0.2) is 27.9 Å². The van der Waals surface area contributed by atoms with E-state index >= 15 is 0 Å². The van der Waals surface area contributed by atoms with Crippen LogP contribution in [0.4, 0.5) is 0 Å². The van der Waals surface area contributed by atoms with Crippen molar-refractivity contribution in [1.82, 2.24) is 4.98 Å². The summed E-state index contributed by atoms with van der Waals surface area (Å²) < 4.78 is 1.04. The van der Waals surface area contributed by atoms with Gasteiger partial charge in [0, 0.05) is 21.8 Å². The summed E-state index contributed by atoms with van der Waals surface area (Å²) in [5.41, 5.74) is 2.67. The Labute approximate surface area is 113 Å². The maximum Gasteiger partial charge on any atom is 0.150 e. The van der Waals surface area contributed by atoms with Crippen molar-refractivity contribution >= 4 is 34.7 Å². The Morgan fingerprint density at radius 2 is 2.35 bits per heavy atom. The zero-order valence-electron chi connectivity index (χ0n) is 9.11. The average molecular weight is 281 g/mol. The number of nitrogens with zero attached hydrogens (tertiary/aromatic N) is 2. The second-order valence-electron chi connectivity index (χ2n) is 3.46. The van der Waals surface area contributed by atoms with E-state index in [1.54, 1.807) is 35.2 Å². The molecule has 0 amide bonds. The zero-order chi connectivity index (χ0) is 12.3. The summed E-state index contributed by atoms with van der Waals surface area (Å²) in [7, 11) is 0. The lowest BCUT2D eigenvalue weighted by Gasteiger charge is -2.02. The zero-order valence-corrected chi connectivity index (χ0v) is 11.5. The molecule has 0 N–H and O–H groups in total. The number of hydrogen-bond donors (Lipinski definition) is 0. The molecule has 2 rings (SSSR count). The molecule has 0 radical (unpaired) electrons. The van der Waals surface area contributed by atoms with Crippen molar-refractivity contribution in [2.75, 3.05) is 0 Å². The summed E-state index contributed by atoms with van der Waals surface area (Å²) in [4.78, 5) is 4.38. The van der Waals surface area contributed by atoms with Crippen molar-refractivity contribution in [2.24, 2.45) is 0 Å². The first-order valence-corrected chi connectivity index (χ1v) is 7.17. The van der Waals surface area contributed by atoms with E-state index in [1.807, 2.05) is 18.4 Å². The van der Waals surface area contributed by atoms with E-state index in [1.165, 1.54) is 0 Å². The highest BCUT2D eigenvalue weighted by atomic mass is 35.5. The van der Waals surface area contributed by atoms with Crippen LogP contribution < -0.4 is 0 Å². The van der Waals surface area contributed by atoms with Crippen LogP contribution in [0.25, 0.3) is 0 Å². The van der Waals surface area contributed by atoms with Crippen LogP contribution in [0, 0.1) is 18.3 Å². The number of benzene rings is 1. The predicted octanol–water partition coefficient (Wildman–Crippen LogP) is 4.27. The van der Waals surface area contributed by atoms with E-state index < -0.39 is 0 Å². The number of aromatic nitrogens is 1. The van der Waals surface area contributed by atoms with Crippen LogP contribution in [0.1, 0.15) is 16.8 Å². The van der Waals surface area contributed by atoms with Crippen LogP contribution in [0.3, 0.4) is 0 Å². The average Bonchev–Trinajstić information content (AvgIpc) is 2.73. The van der Waals surface area contributed by atoms with Crippen LogP contribution in [0.2, 0.25) is 5.02 Å². The Kier molecular flexibility index (Phi) is 4.06. The number of hydrogen-bond acceptors (Lipinski definition) is 4. The quantitative estimate of drug-likeness (QED) is 0.788. The molecule has 0 aliphatic carbocycles. The largest absolute Gasteiger partial charge is 0.235 e. The van der Waals surface area contributed by atoms with Gasteiger partial charge >= 0.3 is 0 Å². The first-order chi connectivity index (χ1) is 8.19. The maximum atomic E-state index is 8.74. The number of halogens is 1. The molecule has 0 atom stereocenters. The molecule has 2 nitrogen and oxygen atoms in total. The highest BCUT2D eigenvalue weighted by molar-refractivity contribution is 8.00. The third-order valence-electron chi connectivity index (χ3n) is 2.13. The van der Waals surface area contributed by atoms with Crippen molar-refractivity contribution in [3.63, 3.8) is 0 Å². The van der Waals surface area contributed by atoms with Crippen molar-refractivity contribution in [3.8, 4) is 6.07 Å². The standard InChI is InChI=1S/C12H9ClN2S2/c1-8-6-16-12(15-8)17-7-10-3-2-9(5-14)4-11(10)13/h2-4,6H,7H2,1H3. The summed E-state index contributed by atoms with van der Waals surface area (Å²) in [5.74, 6) is 0.775. The van der Waals surface area contributed by atoms with Crippen molar-refractivity contribution in [1.29, 1.82) is 5.26 Å². The van der Waals surface area contributed by atoms with Crippen LogP contribution >= 0.6 is 34.7 Å². The molecule has 17 heavy (non-hydrogen) atoms. The van der Waals surface area contributed by atoms with Gasteiger partial charge in [0.05, 0.1) is 11.6 Å². The van der Waals surface area contributed by atoms with Gasteiger partial charge < -0.3 is 0 Å². The molecule has 0 spiro atoms. The molecule has 1 aromatic carbocycles. The summed E-state index contributed by atoms with van der Waals surface area (Å²) in [6.45, 7) is 1.98. The Hall–Kier alpha value is -1.02. The Morgan fingerprint density at radius 1 is 1.53 bits per heavy atom. The molecule has 0 aliphatic rings. The molecule has 0 aliphatic heterocycles. The topological polar surface area (TPSA) is 36.7 Å². The molecule has 1 heterocycles. The summed E-state index contributed by atoms with van der Waals surface area (Å²) >= 11 is 9.40. The minimum Gasteiger partial charge on any atom is -0.235 e. The number of nitriles is 1. The summed E-state index contributed by atoms with van der Waals surface area (Å²) in [6.07, 6.45) is 0. The van der Waals surface area contributed by atoms with Gasteiger partial charge in [0.2, 0.25) is 0 Å². The fourth-order valence-electron chi connectivity index (χ4n) is 1.27. The second kappa shape index (κ2) is 5.54. The molecular weight excluding hydrogens is 272 g/mol. The number of rotatable bonds is 3. The van der Waals surface area contributed by atoms with Crippen LogP contribution in [-0.4, -0.2) is 4.98 Å². The molecule has 86 valence electrons. The highest BCUT2D eigenvalue weighted by Crippen LogP contribution is 2.29. The fraction of sp³-hybridized carbons (Fsp3) is 0.167. The number of thioether (sulfide) groups is 1. The summed E-state index contributed by atoms with van der Waals surface area (Å²) in [5, 5.41) is 11.4. The van der Waals surface area contributed by atoms with Gasteiger partial charge in [-0.25, -0.2) is 4.98 Å². The second-order valence-corrected chi connectivity index (χ2v) is 5.95. The van der Waals surface area contributed by atoms with E-state index in [0.717, 1.165) is 21.3 Å². The van der Waals surface area contributed by atoms with E-state index in [9.17, 15) is 0 Å². The SMILES string of the molecule is Cc1csc(SCc2ccc(C#N)cc2Cl)n1. The molecular formula is C12H9ClN2S2. The van der Waals surface area contributed by atoms with E-state index in [-0.39, 0.29) is 0 Å². The number of aryl methyl sites for hydroxylation is 1. The molecule has 0 saturated heterocycles. The molecule has 2 aromatic rings. The minimum absolute atomic E-state index is 0.592. The van der Waals surface area contributed by atoms with Gasteiger partial charge in [0.1, 0.15) is 4.34 Å². The third-order valence-corrected chi connectivity index (χ3v) is 4.67. The molecule has 0 unspecified atom stereocenters. The van der Waals surface area contributed by atoms with Gasteiger partial charge in [-0.05, 0) is 24.6 Å². The lowest BCUT2D eigenvalue weighted by Crippen LogP contribution is -1.84. The third kappa shape index (κ3) is 3.22. The maximum absolute atomic E-state index is 8.74. The van der Waals surface area contributed by atoms with Crippen molar-refractivity contribution < 1.29 is 0 Å². The van der Waals surface area contributed by atoms with E-state index in [0.29, 0.717) is 10.6 Å².